The second-order valence-electron chi connectivity index (χ2n) is 7.42. The Balaban J connectivity index is 1.43. The molecule has 0 radical (unpaired) electrons. The van der Waals surface area contributed by atoms with Crippen LogP contribution in [0.2, 0.25) is 0 Å². The van der Waals surface area contributed by atoms with Crippen LogP contribution in [0.4, 0.5) is 0 Å². The zero-order valence-electron chi connectivity index (χ0n) is 14.1. The molecular formula is C17H23BrN4O2. The number of rotatable bonds is 1. The fourth-order valence-electron chi connectivity index (χ4n) is 4.38. The largest absolute Gasteiger partial charge is 0.342 e. The van der Waals surface area contributed by atoms with Gasteiger partial charge in [-0.15, -0.1) is 0 Å². The predicted octanol–water partition coefficient (Wildman–Crippen LogP) is 2.07. The van der Waals surface area contributed by atoms with Gasteiger partial charge >= 0.3 is 0 Å². The second kappa shape index (κ2) is 5.86. The topological polar surface area (TPSA) is 58.4 Å². The number of hydrogen-bond acceptors (Lipinski definition) is 3. The van der Waals surface area contributed by atoms with Gasteiger partial charge in [0.15, 0.2) is 5.69 Å². The van der Waals surface area contributed by atoms with Gasteiger partial charge in [-0.05, 0) is 53.4 Å². The smallest absolute Gasteiger partial charge is 0.275 e. The van der Waals surface area contributed by atoms with E-state index in [0.717, 1.165) is 75.0 Å². The highest BCUT2D eigenvalue weighted by Crippen LogP contribution is 2.41. The number of carbonyl (C=O) groups excluding carboxylic acids is 2. The second-order valence-corrected chi connectivity index (χ2v) is 8.21. The third-order valence-corrected chi connectivity index (χ3v) is 6.81. The van der Waals surface area contributed by atoms with Crippen LogP contribution in [0, 0.1) is 5.41 Å². The van der Waals surface area contributed by atoms with E-state index in [1.165, 1.54) is 0 Å². The van der Waals surface area contributed by atoms with Crippen LogP contribution in [-0.2, 0) is 17.8 Å². The molecule has 0 bridgehead atoms. The lowest BCUT2D eigenvalue weighted by molar-refractivity contribution is -0.128. The molecule has 0 aliphatic carbocycles. The Morgan fingerprint density at radius 3 is 2.33 bits per heavy atom. The fourth-order valence-corrected chi connectivity index (χ4v) is 5.03. The van der Waals surface area contributed by atoms with Gasteiger partial charge in [0.2, 0.25) is 5.91 Å². The van der Waals surface area contributed by atoms with E-state index in [1.54, 1.807) is 6.92 Å². The van der Waals surface area contributed by atoms with E-state index in [9.17, 15) is 9.59 Å². The SMILES string of the molecule is CC(=O)N1CCC2(CCN(C(=O)c3nn4c(c3Br)CCC4)CC2)C1. The molecule has 0 atom stereocenters. The normalized spacial score (nSPS) is 22.2. The van der Waals surface area contributed by atoms with E-state index >= 15 is 0 Å². The van der Waals surface area contributed by atoms with Crippen molar-refractivity contribution in [2.45, 2.75) is 45.6 Å². The lowest BCUT2D eigenvalue weighted by Crippen LogP contribution is -2.44. The summed E-state index contributed by atoms with van der Waals surface area (Å²) in [6.45, 7) is 5.80. The molecule has 4 heterocycles. The van der Waals surface area contributed by atoms with Crippen molar-refractivity contribution in [1.29, 1.82) is 0 Å². The van der Waals surface area contributed by atoms with Crippen molar-refractivity contribution in [3.05, 3.63) is 15.9 Å². The Bertz CT molecular complexity index is 691. The number of aromatic nitrogens is 2. The van der Waals surface area contributed by atoms with E-state index in [2.05, 4.69) is 21.0 Å². The van der Waals surface area contributed by atoms with E-state index in [-0.39, 0.29) is 17.2 Å². The molecule has 1 spiro atoms. The van der Waals surface area contributed by atoms with Crippen LogP contribution in [0.3, 0.4) is 0 Å². The van der Waals surface area contributed by atoms with E-state index < -0.39 is 0 Å². The summed E-state index contributed by atoms with van der Waals surface area (Å²) in [7, 11) is 0. The molecule has 3 aliphatic rings. The Kier molecular flexibility index (Phi) is 3.94. The number of halogens is 1. The molecule has 2 saturated heterocycles. The molecule has 6 nitrogen and oxygen atoms in total. The molecule has 1 aromatic rings. The van der Waals surface area contributed by atoms with Gasteiger partial charge in [-0.25, -0.2) is 0 Å². The van der Waals surface area contributed by atoms with Gasteiger partial charge in [0.25, 0.3) is 5.91 Å². The lowest BCUT2D eigenvalue weighted by Gasteiger charge is -2.39. The Morgan fingerprint density at radius 1 is 1.08 bits per heavy atom. The number of amides is 2. The van der Waals surface area contributed by atoms with Crippen LogP contribution in [-0.4, -0.2) is 57.6 Å². The van der Waals surface area contributed by atoms with Crippen molar-refractivity contribution in [2.75, 3.05) is 26.2 Å². The third kappa shape index (κ3) is 2.57. The number of likely N-dealkylation sites (tertiary alicyclic amines) is 2. The predicted molar refractivity (Wildman–Crippen MR) is 92.7 cm³/mol. The van der Waals surface area contributed by atoms with E-state index in [0.29, 0.717) is 5.69 Å². The standard InChI is InChI=1S/C17H23BrN4O2/c1-12(23)21-10-6-17(11-21)4-8-20(9-5-17)16(24)15-14(18)13-3-2-7-22(13)19-15/h2-11H2,1H3. The molecule has 7 heteroatoms. The van der Waals surface area contributed by atoms with Crippen molar-refractivity contribution < 1.29 is 9.59 Å². The first-order valence-electron chi connectivity index (χ1n) is 8.79. The van der Waals surface area contributed by atoms with Gasteiger partial charge < -0.3 is 9.80 Å². The highest BCUT2D eigenvalue weighted by atomic mass is 79.9. The number of piperidine rings is 1. The van der Waals surface area contributed by atoms with Gasteiger partial charge in [-0.3, -0.25) is 14.3 Å². The first-order chi connectivity index (χ1) is 11.5. The maximum Gasteiger partial charge on any atom is 0.275 e. The average Bonchev–Trinajstić information content (AvgIpc) is 3.25. The number of nitrogens with zero attached hydrogens (tertiary/aromatic N) is 4. The number of fused-ring (bicyclic) bond motifs is 1. The number of carbonyl (C=O) groups is 2. The molecule has 24 heavy (non-hydrogen) atoms. The van der Waals surface area contributed by atoms with Crippen molar-refractivity contribution in [2.24, 2.45) is 5.41 Å². The van der Waals surface area contributed by atoms with Gasteiger partial charge in [0, 0.05) is 39.6 Å². The van der Waals surface area contributed by atoms with Crippen LogP contribution in [0.25, 0.3) is 0 Å². The van der Waals surface area contributed by atoms with Crippen molar-refractivity contribution in [3.8, 4) is 0 Å². The van der Waals surface area contributed by atoms with Crippen molar-refractivity contribution in [3.63, 3.8) is 0 Å². The number of aryl methyl sites for hydroxylation is 1. The van der Waals surface area contributed by atoms with Crippen LogP contribution < -0.4 is 0 Å². The average molecular weight is 395 g/mol. The quantitative estimate of drug-likeness (QED) is 0.732. The molecule has 3 aliphatic heterocycles. The van der Waals surface area contributed by atoms with E-state index in [1.807, 2.05) is 14.5 Å². The Hall–Kier alpha value is -1.37. The van der Waals surface area contributed by atoms with Crippen molar-refractivity contribution >= 4 is 27.7 Å². The van der Waals surface area contributed by atoms with Gasteiger partial charge in [-0.1, -0.05) is 0 Å². The zero-order valence-corrected chi connectivity index (χ0v) is 15.6. The summed E-state index contributed by atoms with van der Waals surface area (Å²) in [6.07, 6.45) is 5.12. The minimum atomic E-state index is 0.0417. The summed E-state index contributed by atoms with van der Waals surface area (Å²) in [4.78, 5) is 28.3. The maximum atomic E-state index is 12.9. The van der Waals surface area contributed by atoms with Gasteiger partial charge in [0.05, 0.1) is 10.2 Å². The van der Waals surface area contributed by atoms with Gasteiger partial charge in [-0.2, -0.15) is 5.10 Å². The van der Waals surface area contributed by atoms with Crippen LogP contribution in [0.15, 0.2) is 4.47 Å². The summed E-state index contributed by atoms with van der Waals surface area (Å²) >= 11 is 3.58. The highest BCUT2D eigenvalue weighted by molar-refractivity contribution is 9.10. The number of hydrogen-bond donors (Lipinski definition) is 0. The Labute approximate surface area is 150 Å². The molecular weight excluding hydrogens is 372 g/mol. The molecule has 0 saturated carbocycles. The zero-order chi connectivity index (χ0) is 16.9. The summed E-state index contributed by atoms with van der Waals surface area (Å²) in [6, 6.07) is 0. The summed E-state index contributed by atoms with van der Waals surface area (Å²) < 4.78 is 2.85. The van der Waals surface area contributed by atoms with Crippen LogP contribution in [0.5, 0.6) is 0 Å². The van der Waals surface area contributed by atoms with Crippen molar-refractivity contribution in [1.82, 2.24) is 19.6 Å². The molecule has 4 rings (SSSR count). The molecule has 1 aromatic heterocycles. The molecule has 0 N–H and O–H groups in total. The maximum absolute atomic E-state index is 12.9. The van der Waals surface area contributed by atoms with Crippen LogP contribution >= 0.6 is 15.9 Å². The fraction of sp³-hybridized carbons (Fsp3) is 0.706. The molecule has 2 amide bonds. The van der Waals surface area contributed by atoms with E-state index in [4.69, 9.17) is 0 Å². The summed E-state index contributed by atoms with van der Waals surface area (Å²) in [5, 5.41) is 4.52. The molecule has 0 aromatic carbocycles. The Morgan fingerprint density at radius 2 is 1.75 bits per heavy atom. The first kappa shape index (κ1) is 16.1. The lowest BCUT2D eigenvalue weighted by atomic mass is 9.77. The summed E-state index contributed by atoms with van der Waals surface area (Å²) in [5.74, 6) is 0.210. The summed E-state index contributed by atoms with van der Waals surface area (Å²) in [5.41, 5.74) is 1.94. The monoisotopic (exact) mass is 394 g/mol. The highest BCUT2D eigenvalue weighted by Gasteiger charge is 2.42. The molecule has 2 fully saturated rings. The molecule has 130 valence electrons. The minimum absolute atomic E-state index is 0.0417. The van der Waals surface area contributed by atoms with Crippen LogP contribution in [0.1, 0.15) is 48.8 Å². The molecule has 0 unspecified atom stereocenters. The first-order valence-corrected chi connectivity index (χ1v) is 9.58. The van der Waals surface area contributed by atoms with Gasteiger partial charge in [0.1, 0.15) is 0 Å². The third-order valence-electron chi connectivity index (χ3n) is 5.97. The minimum Gasteiger partial charge on any atom is -0.342 e.